The van der Waals surface area contributed by atoms with E-state index in [1.165, 1.54) is 18.5 Å². The van der Waals surface area contributed by atoms with E-state index in [1.54, 1.807) is 0 Å². The van der Waals surface area contributed by atoms with Gasteiger partial charge in [-0.15, -0.1) is 0 Å². The number of hydrogen-bond acceptors (Lipinski definition) is 2. The van der Waals surface area contributed by atoms with Gasteiger partial charge in [0.15, 0.2) is 0 Å². The van der Waals surface area contributed by atoms with Gasteiger partial charge in [-0.3, -0.25) is 0 Å². The Balaban J connectivity index is 2.49. The molecule has 0 unspecified atom stereocenters. The molecule has 1 aromatic rings. The summed E-state index contributed by atoms with van der Waals surface area (Å²) in [7, 11) is 14.5. The van der Waals surface area contributed by atoms with Crippen LogP contribution in [-0.2, 0) is 29.5 Å². The number of halogens is 2. The number of esters is 1. The Morgan fingerprint density at radius 2 is 1.97 bits per heavy atom. The van der Waals surface area contributed by atoms with Gasteiger partial charge in [0.2, 0.25) is 0 Å². The minimum atomic E-state index is -1.95. The van der Waals surface area contributed by atoms with Gasteiger partial charge in [0.05, 0.1) is 0 Å². The normalized spacial score (nSPS) is 12.1. The van der Waals surface area contributed by atoms with Crippen molar-refractivity contribution in [2.24, 2.45) is 0 Å². The predicted octanol–water partition coefficient (Wildman–Crippen LogP) is 5.96. The van der Waals surface area contributed by atoms with Crippen molar-refractivity contribution in [1.82, 2.24) is 0 Å². The van der Waals surface area contributed by atoms with Gasteiger partial charge in [0.25, 0.3) is 0 Å². The van der Waals surface area contributed by atoms with Crippen molar-refractivity contribution in [1.29, 1.82) is 0 Å². The Hall–Kier alpha value is -0.00286. The van der Waals surface area contributed by atoms with E-state index in [0.29, 0.717) is 19.4 Å². The van der Waals surface area contributed by atoms with E-state index >= 15 is 0 Å². The fraction of sp³-hybridized carbons (Fsp3) is 0.619. The number of carbonyl (C=O) groups excluding carboxylic acids is 1. The molecule has 0 aromatic heterocycles. The number of ether oxygens (including phenoxy) is 2. The van der Waals surface area contributed by atoms with E-state index in [0.717, 1.165) is 29.3 Å². The maximum absolute atomic E-state index is 12.1. The number of carbonyl (C=O) groups is 1. The molecule has 8 heteroatoms. The van der Waals surface area contributed by atoms with Gasteiger partial charge in [-0.25, -0.2) is 0 Å². The summed E-state index contributed by atoms with van der Waals surface area (Å²) in [5.74, 6) is 0.770. The Morgan fingerprint density at radius 3 is 2.59 bits per heavy atom. The summed E-state index contributed by atoms with van der Waals surface area (Å²) < 4.78 is 12.0. The van der Waals surface area contributed by atoms with Gasteiger partial charge in [0.1, 0.15) is 0 Å². The third kappa shape index (κ3) is 12.4. The van der Waals surface area contributed by atoms with Crippen LogP contribution in [0.25, 0.3) is 0 Å². The molecule has 0 spiro atoms. The molecule has 29 heavy (non-hydrogen) atoms. The van der Waals surface area contributed by atoms with E-state index in [2.05, 4.69) is 28.1 Å². The van der Waals surface area contributed by atoms with Crippen molar-refractivity contribution >= 4 is 48.3 Å². The third-order valence-corrected chi connectivity index (χ3v) is 10.2. The second-order valence-corrected chi connectivity index (χ2v) is 19.8. The Morgan fingerprint density at radius 1 is 1.28 bits per heavy atom. The molecule has 0 atom stereocenters. The summed E-state index contributed by atoms with van der Waals surface area (Å²) in [4.78, 5) is 12.1. The summed E-state index contributed by atoms with van der Waals surface area (Å²) in [5, 5.41) is 0. The molecule has 1 aromatic carbocycles. The van der Waals surface area contributed by atoms with Gasteiger partial charge in [0, 0.05) is 10.2 Å². The topological polar surface area (TPSA) is 39.1 Å². The molecule has 3 nitrogen and oxygen atoms in total. The van der Waals surface area contributed by atoms with E-state index in [9.17, 15) is 4.79 Å². The Kier molecular flexibility index (Phi) is 13.2. The molecule has 0 amide bonds. The Bertz CT molecular complexity index is 678. The molecule has 3 radical (unpaired) electrons. The molecular formula is C21H34Cl2O3RuSi2+. The third-order valence-electron chi connectivity index (χ3n) is 4.59. The molecule has 0 aliphatic rings. The summed E-state index contributed by atoms with van der Waals surface area (Å²) in [6.07, 6.45) is 3.42. The summed E-state index contributed by atoms with van der Waals surface area (Å²) in [6, 6.07) is 9.63. The van der Waals surface area contributed by atoms with Crippen LogP contribution >= 0.6 is 19.4 Å². The zero-order valence-electron chi connectivity index (χ0n) is 17.9. The minimum absolute atomic E-state index is 0.131. The van der Waals surface area contributed by atoms with Crippen molar-refractivity contribution in [3.63, 3.8) is 0 Å². The van der Waals surface area contributed by atoms with Crippen molar-refractivity contribution < 1.29 is 27.8 Å². The first-order chi connectivity index (χ1) is 13.6. The number of rotatable bonds is 13. The average Bonchev–Trinajstić information content (AvgIpc) is 2.63. The zero-order valence-corrected chi connectivity index (χ0v) is 23.2. The molecule has 0 heterocycles. The van der Waals surface area contributed by atoms with Crippen LogP contribution in [0.2, 0.25) is 31.2 Å². The second kappa shape index (κ2) is 14.1. The molecule has 0 fully saturated rings. The van der Waals surface area contributed by atoms with Crippen LogP contribution in [0, 0.1) is 0 Å². The summed E-state index contributed by atoms with van der Waals surface area (Å²) in [5.41, 5.74) is 2.03. The van der Waals surface area contributed by atoms with E-state index in [4.69, 9.17) is 24.1 Å². The molecule has 165 valence electrons. The molecule has 0 bridgehead atoms. The standard InChI is InChI=1S/C21H33O3Si2.2ClH.Ru/c1-17(2)24-20-10-8-19(16-18(20)3)9-11-21(22)23-12-6-14-26(4,5)15-7-13-25;;;/h3,8,10,16-17H,6-7,9,11-15H2,1-2,4-5H3;2*1H;/q;;;+2/p-1. The number of hydrogen-bond donors (Lipinski definition) is 0. The van der Waals surface area contributed by atoms with Crippen molar-refractivity contribution in [3.05, 3.63) is 29.3 Å². The van der Waals surface area contributed by atoms with E-state index < -0.39 is 21.6 Å². The summed E-state index contributed by atoms with van der Waals surface area (Å²) in [6.45, 7) is 9.43. The van der Waals surface area contributed by atoms with Crippen LogP contribution in [0.15, 0.2) is 18.2 Å². The molecule has 0 saturated carbocycles. The first kappa shape index (κ1) is 27.0. The molecule has 0 aliphatic heterocycles. The fourth-order valence-corrected chi connectivity index (χ4v) is 7.88. The van der Waals surface area contributed by atoms with Crippen LogP contribution in [0.1, 0.15) is 44.2 Å². The predicted molar refractivity (Wildman–Crippen MR) is 126 cm³/mol. The first-order valence-corrected chi connectivity index (χ1v) is 19.7. The van der Waals surface area contributed by atoms with Gasteiger partial charge < -0.3 is 0 Å². The first-order valence-electron chi connectivity index (χ1n) is 10.1. The van der Waals surface area contributed by atoms with Crippen LogP contribution < -0.4 is 0 Å². The van der Waals surface area contributed by atoms with E-state index in [-0.39, 0.29) is 12.1 Å². The van der Waals surface area contributed by atoms with E-state index in [1.807, 2.05) is 36.7 Å². The van der Waals surface area contributed by atoms with Gasteiger partial charge in [-0.05, 0) is 0 Å². The summed E-state index contributed by atoms with van der Waals surface area (Å²) >= 11 is -1.95. The molecule has 1 rings (SSSR count). The monoisotopic (exact) mass is 562 g/mol. The van der Waals surface area contributed by atoms with Gasteiger partial charge >= 0.3 is 153 Å². The molecule has 1 N–H and O–H groups in total. The van der Waals surface area contributed by atoms with Crippen LogP contribution in [-0.4, -0.2) is 46.3 Å². The van der Waals surface area contributed by atoms with Crippen molar-refractivity contribution in [2.75, 3.05) is 6.61 Å². The number of aryl methyl sites for hydroxylation is 1. The van der Waals surface area contributed by atoms with Gasteiger partial charge in [-0.1, -0.05) is 31.6 Å². The number of aliphatic hydroxyl groups is 1. The maximum atomic E-state index is 12.1. The SMILES string of the molecule is CC(C)[OH+]c1ccc(CCC(=O)OCCC[Si](C)(C)CCC[Si])cc1[CH]=[Ru]([Cl])[Cl]. The number of benzene rings is 1. The van der Waals surface area contributed by atoms with Crippen LogP contribution in [0.5, 0.6) is 5.75 Å². The van der Waals surface area contributed by atoms with Crippen molar-refractivity contribution in [2.45, 2.75) is 76.9 Å². The average molecular weight is 563 g/mol. The number of aromatic hydroxyl groups is 1. The molecule has 0 saturated heterocycles. The zero-order chi connectivity index (χ0) is 21.9. The molecule has 0 aliphatic carbocycles. The Labute approximate surface area is 193 Å². The fourth-order valence-electron chi connectivity index (χ4n) is 3.07. The van der Waals surface area contributed by atoms with Crippen molar-refractivity contribution in [3.8, 4) is 5.75 Å². The quantitative estimate of drug-likeness (QED) is 0.129. The van der Waals surface area contributed by atoms with Crippen LogP contribution in [0.4, 0.5) is 0 Å². The second-order valence-electron chi connectivity index (χ2n) is 8.26. The van der Waals surface area contributed by atoms with Crippen LogP contribution in [0.3, 0.4) is 0 Å². The van der Waals surface area contributed by atoms with Gasteiger partial charge in [-0.2, -0.15) is 0 Å². The molecular weight excluding hydrogens is 528 g/mol.